The highest BCUT2D eigenvalue weighted by molar-refractivity contribution is 7.92. The number of nitrogens with zero attached hydrogens (tertiary/aromatic N) is 3. The van der Waals surface area contributed by atoms with Gasteiger partial charge in [-0.1, -0.05) is 41.2 Å². The fourth-order valence-electron chi connectivity index (χ4n) is 4.36. The molecule has 1 amide bonds. The van der Waals surface area contributed by atoms with Crippen molar-refractivity contribution in [1.29, 1.82) is 0 Å². The number of carbonyl (C=O) groups excluding carboxylic acids is 1. The molecule has 8 nitrogen and oxygen atoms in total. The molecule has 0 unspecified atom stereocenters. The maximum absolute atomic E-state index is 14.0. The number of fused-ring (bicyclic) bond motifs is 1. The number of amides is 1. The van der Waals surface area contributed by atoms with Crippen LogP contribution in [0.1, 0.15) is 15.9 Å². The lowest BCUT2D eigenvalue weighted by Gasteiger charge is -2.34. The van der Waals surface area contributed by atoms with Crippen LogP contribution < -0.4 is 14.9 Å². The number of piperazine rings is 1. The second-order valence-corrected chi connectivity index (χ2v) is 12.0. The zero-order valence-corrected chi connectivity index (χ0v) is 24.0. The topological polar surface area (TPSA) is 94.6 Å². The minimum atomic E-state index is -3.85. The van der Waals surface area contributed by atoms with E-state index < -0.39 is 21.7 Å². The number of para-hydroxylation sites is 1. The summed E-state index contributed by atoms with van der Waals surface area (Å²) < 4.78 is 56.2. The van der Waals surface area contributed by atoms with Crippen LogP contribution in [0.4, 0.5) is 19.6 Å². The van der Waals surface area contributed by atoms with E-state index in [-0.39, 0.29) is 40.0 Å². The highest BCUT2D eigenvalue weighted by Crippen LogP contribution is 2.31. The first kappa shape index (κ1) is 29.7. The summed E-state index contributed by atoms with van der Waals surface area (Å²) in [6, 6.07) is 15.1. The van der Waals surface area contributed by atoms with E-state index in [0.717, 1.165) is 24.7 Å². The zero-order valence-electron chi connectivity index (χ0n) is 21.6. The zero-order chi connectivity index (χ0) is 27.6. The van der Waals surface area contributed by atoms with E-state index in [1.54, 1.807) is 36.4 Å². The molecule has 0 bridgehead atoms. The summed E-state index contributed by atoms with van der Waals surface area (Å²) >= 11 is 1.27. The summed E-state index contributed by atoms with van der Waals surface area (Å²) in [4.78, 5) is 21.6. The highest BCUT2D eigenvalue weighted by atomic mass is 35.5. The number of thiazole rings is 1. The summed E-state index contributed by atoms with van der Waals surface area (Å²) in [5.74, 6) is -1.65. The van der Waals surface area contributed by atoms with Gasteiger partial charge < -0.3 is 10.2 Å². The molecule has 0 atom stereocenters. The molecule has 4 aromatic rings. The van der Waals surface area contributed by atoms with Crippen molar-refractivity contribution in [3.63, 3.8) is 0 Å². The third-order valence-corrected chi connectivity index (χ3v) is 8.95. The molecular formula is C27H28ClF2N5O3S2. The lowest BCUT2D eigenvalue weighted by Crippen LogP contribution is -2.48. The number of rotatable bonds is 8. The van der Waals surface area contributed by atoms with Gasteiger partial charge in [-0.15, -0.1) is 12.4 Å². The Bertz CT molecular complexity index is 1610. The number of aryl methyl sites for hydroxylation is 1. The lowest BCUT2D eigenvalue weighted by atomic mass is 10.1. The van der Waals surface area contributed by atoms with Crippen LogP contribution >= 0.6 is 23.7 Å². The maximum atomic E-state index is 14.0. The number of hydrogen-bond acceptors (Lipinski definition) is 7. The first-order chi connectivity index (χ1) is 18.7. The van der Waals surface area contributed by atoms with Crippen LogP contribution in [0, 0.1) is 18.6 Å². The molecule has 1 aliphatic rings. The number of nitrogens with one attached hydrogen (secondary N) is 2. The van der Waals surface area contributed by atoms with E-state index in [9.17, 15) is 22.0 Å². The van der Waals surface area contributed by atoms with Crippen LogP contribution in [-0.4, -0.2) is 63.5 Å². The van der Waals surface area contributed by atoms with Gasteiger partial charge in [0, 0.05) is 45.3 Å². The third kappa shape index (κ3) is 6.69. The number of halogens is 3. The molecule has 0 aliphatic carbocycles. The van der Waals surface area contributed by atoms with Gasteiger partial charge in [-0.2, -0.15) is 0 Å². The van der Waals surface area contributed by atoms with Crippen LogP contribution in [0.15, 0.2) is 65.6 Å². The molecule has 1 aromatic heterocycles. The minimum absolute atomic E-state index is 0. The SMILES string of the molecule is Cc1ccc(S(=O)(=O)Nc2ccccc2C(=O)NCCN2CCN(c3nc4c(F)cc(F)cc4s3)CC2)cc1.Cl. The van der Waals surface area contributed by atoms with Crippen molar-refractivity contribution in [3.8, 4) is 0 Å². The monoisotopic (exact) mass is 607 g/mol. The van der Waals surface area contributed by atoms with Crippen LogP contribution in [0.2, 0.25) is 0 Å². The van der Waals surface area contributed by atoms with Crippen LogP contribution in [0.3, 0.4) is 0 Å². The first-order valence-corrected chi connectivity index (χ1v) is 14.7. The summed E-state index contributed by atoms with van der Waals surface area (Å²) in [6.45, 7) is 5.63. The number of benzene rings is 3. The van der Waals surface area contributed by atoms with Crippen molar-refractivity contribution in [3.05, 3.63) is 83.4 Å². The van der Waals surface area contributed by atoms with Crippen LogP contribution in [0.5, 0.6) is 0 Å². The van der Waals surface area contributed by atoms with Gasteiger partial charge in [0.2, 0.25) is 0 Å². The van der Waals surface area contributed by atoms with Crippen molar-refractivity contribution in [2.75, 3.05) is 48.9 Å². The molecule has 1 saturated heterocycles. The van der Waals surface area contributed by atoms with Gasteiger partial charge in [0.15, 0.2) is 10.9 Å². The van der Waals surface area contributed by atoms with Crippen molar-refractivity contribution < 1.29 is 22.0 Å². The Balaban J connectivity index is 0.00000370. The van der Waals surface area contributed by atoms with Crippen LogP contribution in [0.25, 0.3) is 10.2 Å². The molecule has 5 rings (SSSR count). The third-order valence-electron chi connectivity index (χ3n) is 6.51. The summed E-state index contributed by atoms with van der Waals surface area (Å²) in [7, 11) is -3.85. The smallest absolute Gasteiger partial charge is 0.261 e. The lowest BCUT2D eigenvalue weighted by molar-refractivity contribution is 0.0948. The van der Waals surface area contributed by atoms with Gasteiger partial charge in [0.05, 0.1) is 20.8 Å². The summed E-state index contributed by atoms with van der Waals surface area (Å²) in [5.41, 5.74) is 1.57. The highest BCUT2D eigenvalue weighted by Gasteiger charge is 2.22. The van der Waals surface area contributed by atoms with E-state index in [1.165, 1.54) is 29.5 Å². The molecule has 212 valence electrons. The van der Waals surface area contributed by atoms with Crippen LogP contribution in [-0.2, 0) is 10.0 Å². The normalized spacial score (nSPS) is 14.1. The van der Waals surface area contributed by atoms with Crippen molar-refractivity contribution >= 4 is 60.7 Å². The second kappa shape index (κ2) is 12.5. The van der Waals surface area contributed by atoms with E-state index in [1.807, 2.05) is 11.8 Å². The molecule has 1 fully saturated rings. The van der Waals surface area contributed by atoms with E-state index in [2.05, 4.69) is 19.9 Å². The van der Waals surface area contributed by atoms with Gasteiger partial charge in [0.1, 0.15) is 11.3 Å². The molecule has 3 aromatic carbocycles. The average Bonchev–Trinajstić information content (AvgIpc) is 3.34. The Morgan fingerprint density at radius 2 is 1.73 bits per heavy atom. The molecule has 0 radical (unpaired) electrons. The number of sulfonamides is 1. The molecule has 0 saturated carbocycles. The quantitative estimate of drug-likeness (QED) is 0.303. The Hall–Kier alpha value is -3.32. The second-order valence-electron chi connectivity index (χ2n) is 9.28. The van der Waals surface area contributed by atoms with Crippen molar-refractivity contribution in [2.45, 2.75) is 11.8 Å². The Labute approximate surface area is 241 Å². The van der Waals surface area contributed by atoms with Gasteiger partial charge in [-0.3, -0.25) is 14.4 Å². The number of anilines is 2. The molecule has 2 heterocycles. The van der Waals surface area contributed by atoms with Gasteiger partial charge in [-0.05, 0) is 37.3 Å². The minimum Gasteiger partial charge on any atom is -0.351 e. The number of aromatic nitrogens is 1. The molecule has 13 heteroatoms. The fraction of sp³-hybridized carbons (Fsp3) is 0.259. The molecule has 1 aliphatic heterocycles. The Morgan fingerprint density at radius 3 is 2.45 bits per heavy atom. The largest absolute Gasteiger partial charge is 0.351 e. The molecule has 2 N–H and O–H groups in total. The average molecular weight is 608 g/mol. The van der Waals surface area contributed by atoms with E-state index in [4.69, 9.17) is 0 Å². The Morgan fingerprint density at radius 1 is 1.02 bits per heavy atom. The fourth-order valence-corrected chi connectivity index (χ4v) is 6.49. The first-order valence-electron chi connectivity index (χ1n) is 12.4. The standard InChI is InChI=1S/C27H27F2N5O3S2.ClH/c1-18-6-8-20(9-7-18)39(36,37)32-23-5-3-2-4-21(23)26(35)30-10-11-33-12-14-34(15-13-33)27-31-25-22(29)16-19(28)17-24(25)38-27;/h2-9,16-17,32H,10-15H2,1H3,(H,30,35);1H. The molecule has 40 heavy (non-hydrogen) atoms. The van der Waals surface area contributed by atoms with Gasteiger partial charge >= 0.3 is 0 Å². The molecule has 0 spiro atoms. The van der Waals surface area contributed by atoms with Gasteiger partial charge in [0.25, 0.3) is 15.9 Å². The number of hydrogen-bond donors (Lipinski definition) is 2. The predicted octanol–water partition coefficient (Wildman–Crippen LogP) is 4.66. The summed E-state index contributed by atoms with van der Waals surface area (Å²) in [5, 5.41) is 3.53. The van der Waals surface area contributed by atoms with Gasteiger partial charge in [-0.25, -0.2) is 22.2 Å². The maximum Gasteiger partial charge on any atom is 0.261 e. The number of carbonyl (C=O) groups is 1. The van der Waals surface area contributed by atoms with E-state index >= 15 is 0 Å². The van der Waals surface area contributed by atoms with Crippen molar-refractivity contribution in [1.82, 2.24) is 15.2 Å². The van der Waals surface area contributed by atoms with E-state index in [0.29, 0.717) is 36.0 Å². The van der Waals surface area contributed by atoms with Crippen molar-refractivity contribution in [2.24, 2.45) is 0 Å². The Kier molecular flexibility index (Phi) is 9.24. The molecular weight excluding hydrogens is 580 g/mol. The predicted molar refractivity (Wildman–Crippen MR) is 156 cm³/mol. The summed E-state index contributed by atoms with van der Waals surface area (Å²) in [6.07, 6.45) is 0.